The zero-order valence-corrected chi connectivity index (χ0v) is 16.1. The molecule has 1 fully saturated rings. The van der Waals surface area contributed by atoms with Crippen molar-refractivity contribution in [2.75, 3.05) is 25.0 Å². The molecule has 1 aliphatic heterocycles. The summed E-state index contributed by atoms with van der Waals surface area (Å²) in [5, 5.41) is 6.45. The van der Waals surface area contributed by atoms with Crippen LogP contribution in [-0.4, -0.2) is 36.3 Å². The molecular weight excluding hydrogens is 362 g/mol. The molecular formula is C21H24ClN3O2. The molecule has 0 saturated carbocycles. The Hall–Kier alpha value is -2.37. The topological polar surface area (TPSA) is 61.4 Å². The molecule has 6 heteroatoms. The molecule has 5 nitrogen and oxygen atoms in total. The van der Waals surface area contributed by atoms with Crippen LogP contribution in [0.25, 0.3) is 0 Å². The van der Waals surface area contributed by atoms with Gasteiger partial charge in [-0.3, -0.25) is 14.5 Å². The molecule has 2 N–H and O–H groups in total. The smallest absolute Gasteiger partial charge is 0.251 e. The lowest BCUT2D eigenvalue weighted by Crippen LogP contribution is -2.37. The Labute approximate surface area is 164 Å². The first-order chi connectivity index (χ1) is 13.0. The molecule has 0 spiro atoms. The van der Waals surface area contributed by atoms with E-state index in [0.29, 0.717) is 17.8 Å². The van der Waals surface area contributed by atoms with E-state index in [2.05, 4.69) is 15.5 Å². The molecule has 0 radical (unpaired) electrons. The van der Waals surface area contributed by atoms with Crippen molar-refractivity contribution in [3.05, 3.63) is 64.7 Å². The number of carbonyl (C=O) groups is 2. The lowest BCUT2D eigenvalue weighted by molar-refractivity contribution is -0.114. The van der Waals surface area contributed by atoms with Crippen molar-refractivity contribution in [1.82, 2.24) is 10.2 Å². The molecule has 0 aliphatic carbocycles. The molecule has 1 heterocycles. The highest BCUT2D eigenvalue weighted by Gasteiger charge is 2.25. The number of anilines is 1. The Bertz CT molecular complexity index is 801. The Kier molecular flexibility index (Phi) is 6.48. The first kappa shape index (κ1) is 19.4. The van der Waals surface area contributed by atoms with Gasteiger partial charge in [0.1, 0.15) is 0 Å². The molecule has 3 rings (SSSR count). The van der Waals surface area contributed by atoms with E-state index in [0.717, 1.165) is 23.7 Å². The maximum atomic E-state index is 12.6. The van der Waals surface area contributed by atoms with Crippen LogP contribution in [0.15, 0.2) is 48.5 Å². The number of likely N-dealkylation sites (tertiary alicyclic amines) is 1. The summed E-state index contributed by atoms with van der Waals surface area (Å²) < 4.78 is 0. The minimum Gasteiger partial charge on any atom is -0.350 e. The molecule has 2 aromatic carbocycles. The zero-order valence-electron chi connectivity index (χ0n) is 15.4. The predicted molar refractivity (Wildman–Crippen MR) is 108 cm³/mol. The molecule has 0 aromatic heterocycles. The van der Waals surface area contributed by atoms with E-state index in [1.165, 1.54) is 19.8 Å². The first-order valence-corrected chi connectivity index (χ1v) is 9.57. The zero-order chi connectivity index (χ0) is 19.2. The molecule has 142 valence electrons. The predicted octanol–water partition coefficient (Wildman–Crippen LogP) is 3.87. The van der Waals surface area contributed by atoms with Crippen molar-refractivity contribution in [2.45, 2.75) is 25.8 Å². The summed E-state index contributed by atoms with van der Waals surface area (Å²) in [4.78, 5) is 26.0. The maximum Gasteiger partial charge on any atom is 0.251 e. The van der Waals surface area contributed by atoms with Crippen molar-refractivity contribution in [2.24, 2.45) is 0 Å². The molecule has 2 aromatic rings. The quantitative estimate of drug-likeness (QED) is 0.793. The number of halogens is 1. The summed E-state index contributed by atoms with van der Waals surface area (Å²) in [5.41, 5.74) is 2.27. The van der Waals surface area contributed by atoms with E-state index in [9.17, 15) is 9.59 Å². The van der Waals surface area contributed by atoms with Gasteiger partial charge in [-0.1, -0.05) is 29.8 Å². The largest absolute Gasteiger partial charge is 0.350 e. The van der Waals surface area contributed by atoms with E-state index >= 15 is 0 Å². The van der Waals surface area contributed by atoms with Crippen molar-refractivity contribution in [1.29, 1.82) is 0 Å². The van der Waals surface area contributed by atoms with E-state index in [1.807, 2.05) is 24.3 Å². The summed E-state index contributed by atoms with van der Waals surface area (Å²) in [6.07, 6.45) is 2.33. The van der Waals surface area contributed by atoms with Gasteiger partial charge >= 0.3 is 0 Å². The van der Waals surface area contributed by atoms with Gasteiger partial charge in [0.2, 0.25) is 5.91 Å². The molecule has 2 amide bonds. The summed E-state index contributed by atoms with van der Waals surface area (Å²) in [6, 6.07) is 14.7. The summed E-state index contributed by atoms with van der Waals surface area (Å²) in [6.45, 7) is 3.97. The Morgan fingerprint density at radius 2 is 1.74 bits per heavy atom. The molecule has 0 unspecified atom stereocenters. The van der Waals surface area contributed by atoms with Crippen LogP contribution in [0.5, 0.6) is 0 Å². The van der Waals surface area contributed by atoms with Crippen molar-refractivity contribution >= 4 is 29.1 Å². The third kappa shape index (κ3) is 5.08. The molecule has 1 saturated heterocycles. The maximum absolute atomic E-state index is 12.6. The number of benzene rings is 2. The minimum atomic E-state index is -0.139. The van der Waals surface area contributed by atoms with Crippen LogP contribution < -0.4 is 10.6 Å². The highest BCUT2D eigenvalue weighted by Crippen LogP contribution is 2.29. The summed E-state index contributed by atoms with van der Waals surface area (Å²) in [5.74, 6) is -0.277. The normalized spacial score (nSPS) is 15.3. The fourth-order valence-electron chi connectivity index (χ4n) is 3.43. The van der Waals surface area contributed by atoms with Crippen LogP contribution in [0.4, 0.5) is 5.69 Å². The van der Waals surface area contributed by atoms with Crippen molar-refractivity contribution in [3.63, 3.8) is 0 Å². The van der Waals surface area contributed by atoms with Crippen LogP contribution in [0.3, 0.4) is 0 Å². The second-order valence-corrected chi connectivity index (χ2v) is 7.16. The van der Waals surface area contributed by atoms with Gasteiger partial charge in [-0.15, -0.1) is 0 Å². The molecule has 1 aliphatic rings. The average Bonchev–Trinajstić information content (AvgIpc) is 3.18. The second kappa shape index (κ2) is 9.02. The van der Waals surface area contributed by atoms with Gasteiger partial charge in [-0.05, 0) is 61.8 Å². The third-order valence-corrected chi connectivity index (χ3v) is 5.11. The monoisotopic (exact) mass is 385 g/mol. The number of carbonyl (C=O) groups excluding carboxylic acids is 2. The number of nitrogens with zero attached hydrogens (tertiary/aromatic N) is 1. The average molecular weight is 386 g/mol. The van der Waals surface area contributed by atoms with Crippen molar-refractivity contribution in [3.8, 4) is 0 Å². The van der Waals surface area contributed by atoms with Crippen LogP contribution in [-0.2, 0) is 4.79 Å². The second-order valence-electron chi connectivity index (χ2n) is 6.75. The van der Waals surface area contributed by atoms with Gasteiger partial charge in [-0.25, -0.2) is 0 Å². The van der Waals surface area contributed by atoms with Gasteiger partial charge in [0.25, 0.3) is 5.91 Å². The Morgan fingerprint density at radius 3 is 2.37 bits per heavy atom. The first-order valence-electron chi connectivity index (χ1n) is 9.19. The highest BCUT2D eigenvalue weighted by molar-refractivity contribution is 6.31. The van der Waals surface area contributed by atoms with Crippen molar-refractivity contribution < 1.29 is 9.59 Å². The number of amides is 2. The lowest BCUT2D eigenvalue weighted by Gasteiger charge is -2.29. The van der Waals surface area contributed by atoms with Crippen LogP contribution in [0.2, 0.25) is 5.02 Å². The number of hydrogen-bond donors (Lipinski definition) is 2. The van der Waals surface area contributed by atoms with Gasteiger partial charge in [0.15, 0.2) is 0 Å². The molecule has 1 atom stereocenters. The fourth-order valence-corrected chi connectivity index (χ4v) is 3.70. The SMILES string of the molecule is CC(=O)Nc1ccc(C(=O)NC[C@H](c2ccccc2Cl)N2CCCC2)cc1. The van der Waals surface area contributed by atoms with Gasteiger partial charge in [0.05, 0.1) is 6.04 Å². The molecule has 0 bridgehead atoms. The van der Waals surface area contributed by atoms with Crippen LogP contribution in [0, 0.1) is 0 Å². The summed E-state index contributed by atoms with van der Waals surface area (Å²) in [7, 11) is 0. The van der Waals surface area contributed by atoms with Crippen LogP contribution >= 0.6 is 11.6 Å². The summed E-state index contributed by atoms with van der Waals surface area (Å²) >= 11 is 6.41. The molecule has 27 heavy (non-hydrogen) atoms. The number of hydrogen-bond acceptors (Lipinski definition) is 3. The third-order valence-electron chi connectivity index (χ3n) is 4.77. The van der Waals surface area contributed by atoms with E-state index in [-0.39, 0.29) is 17.9 Å². The Morgan fingerprint density at radius 1 is 1.07 bits per heavy atom. The number of nitrogens with one attached hydrogen (secondary N) is 2. The van der Waals surface area contributed by atoms with Crippen LogP contribution in [0.1, 0.15) is 41.7 Å². The fraction of sp³-hybridized carbons (Fsp3) is 0.333. The minimum absolute atomic E-state index is 0.0591. The van der Waals surface area contributed by atoms with E-state index in [1.54, 1.807) is 24.3 Å². The number of rotatable bonds is 6. The standard InChI is InChI=1S/C21H24ClN3O2/c1-15(26)24-17-10-8-16(9-11-17)21(27)23-14-20(25-12-4-5-13-25)18-6-2-3-7-19(18)22/h2-3,6-11,20H,4-5,12-14H2,1H3,(H,23,27)(H,24,26)/t20-/m1/s1. The van der Waals surface area contributed by atoms with E-state index < -0.39 is 0 Å². The lowest BCUT2D eigenvalue weighted by atomic mass is 10.0. The van der Waals surface area contributed by atoms with Gasteiger partial charge in [0, 0.05) is 29.7 Å². The highest BCUT2D eigenvalue weighted by atomic mass is 35.5. The van der Waals surface area contributed by atoms with Gasteiger partial charge in [-0.2, -0.15) is 0 Å². The Balaban J connectivity index is 1.68. The van der Waals surface area contributed by atoms with Gasteiger partial charge < -0.3 is 10.6 Å². The van der Waals surface area contributed by atoms with E-state index in [4.69, 9.17) is 11.6 Å².